The van der Waals surface area contributed by atoms with Gasteiger partial charge in [-0.3, -0.25) is 14.9 Å². The summed E-state index contributed by atoms with van der Waals surface area (Å²) in [6.45, 7) is 0. The van der Waals surface area contributed by atoms with Crippen molar-refractivity contribution in [2.45, 2.75) is 6.42 Å². The van der Waals surface area contributed by atoms with Crippen LogP contribution in [-0.2, 0) is 11.2 Å². The number of amides is 1. The maximum atomic E-state index is 15.2. The van der Waals surface area contributed by atoms with Crippen LogP contribution in [-0.4, -0.2) is 36.0 Å². The molecule has 5 aromatic heterocycles. The zero-order valence-electron chi connectivity index (χ0n) is 20.9. The molecule has 2 aromatic carbocycles. The standard InChI is InChI=1S/C30H20FN7O2/c31-24-13-19(20-11-21(15-32-14-20)34-25(39)10-17-4-2-1-3-5-17)12-23-26(24)37-38-28(23)30-35-27-22(18-7-9-40-16-18)6-8-33-29(27)36-30/h1-9,11-16H,10H2,(H,34,39)(H,37,38)(H,33,35,36). The number of fused-ring (bicyclic) bond motifs is 2. The highest BCUT2D eigenvalue weighted by Crippen LogP contribution is 2.34. The molecule has 1 amide bonds. The Bertz CT molecular complexity index is 2000. The number of nitrogens with one attached hydrogen (secondary N) is 3. The topological polar surface area (TPSA) is 125 Å². The SMILES string of the molecule is O=C(Cc1ccccc1)Nc1cncc(-c2cc(F)c3n[nH]c(-c4nc5nccc(-c6ccoc6)c5[nH]4)c3c2)c1. The van der Waals surface area contributed by atoms with Gasteiger partial charge in [0.1, 0.15) is 11.2 Å². The number of pyridine rings is 2. The maximum Gasteiger partial charge on any atom is 0.228 e. The first kappa shape index (κ1) is 23.5. The zero-order chi connectivity index (χ0) is 27.1. The van der Waals surface area contributed by atoms with E-state index in [0.717, 1.165) is 22.2 Å². The number of hydrogen-bond acceptors (Lipinski definition) is 6. The molecule has 5 heterocycles. The van der Waals surface area contributed by atoms with Crippen molar-refractivity contribution in [3.63, 3.8) is 0 Å². The molecule has 0 bridgehead atoms. The molecule has 0 unspecified atom stereocenters. The summed E-state index contributed by atoms with van der Waals surface area (Å²) in [5.41, 5.74) is 6.33. The minimum atomic E-state index is -0.498. The van der Waals surface area contributed by atoms with Crippen molar-refractivity contribution >= 4 is 33.7 Å². The third-order valence-corrected chi connectivity index (χ3v) is 6.64. The van der Waals surface area contributed by atoms with Gasteiger partial charge in [0.25, 0.3) is 0 Å². The van der Waals surface area contributed by atoms with Crippen LogP contribution in [0.1, 0.15) is 5.56 Å². The number of nitrogens with zero attached hydrogens (tertiary/aromatic N) is 4. The van der Waals surface area contributed by atoms with Crippen LogP contribution in [0.2, 0.25) is 0 Å². The number of rotatable bonds is 6. The molecule has 0 saturated carbocycles. The van der Waals surface area contributed by atoms with Crippen LogP contribution in [0.3, 0.4) is 0 Å². The van der Waals surface area contributed by atoms with E-state index in [2.05, 4.69) is 35.5 Å². The Balaban J connectivity index is 1.24. The van der Waals surface area contributed by atoms with Crippen LogP contribution >= 0.6 is 0 Å². The fraction of sp³-hybridized carbons (Fsp3) is 0.0333. The maximum absolute atomic E-state index is 15.2. The number of halogens is 1. The van der Waals surface area contributed by atoms with Gasteiger partial charge in [-0.05, 0) is 41.5 Å². The fourth-order valence-electron chi connectivity index (χ4n) is 4.76. The van der Waals surface area contributed by atoms with Crippen molar-refractivity contribution in [3.8, 4) is 33.8 Å². The smallest absolute Gasteiger partial charge is 0.228 e. The van der Waals surface area contributed by atoms with E-state index in [1.165, 1.54) is 6.07 Å². The lowest BCUT2D eigenvalue weighted by atomic mass is 10.0. The number of aromatic nitrogens is 6. The second-order valence-electron chi connectivity index (χ2n) is 9.28. The van der Waals surface area contributed by atoms with E-state index in [9.17, 15) is 4.79 Å². The van der Waals surface area contributed by atoms with E-state index in [-0.39, 0.29) is 17.8 Å². The van der Waals surface area contributed by atoms with Crippen molar-refractivity contribution in [2.75, 3.05) is 5.32 Å². The van der Waals surface area contributed by atoms with Crippen molar-refractivity contribution in [2.24, 2.45) is 0 Å². The van der Waals surface area contributed by atoms with Gasteiger partial charge in [-0.2, -0.15) is 5.10 Å². The molecule has 3 N–H and O–H groups in total. The zero-order valence-corrected chi connectivity index (χ0v) is 20.9. The van der Waals surface area contributed by atoms with Crippen molar-refractivity contribution < 1.29 is 13.6 Å². The monoisotopic (exact) mass is 529 g/mol. The molecule has 0 spiro atoms. The average molecular weight is 530 g/mol. The third kappa shape index (κ3) is 4.27. The van der Waals surface area contributed by atoms with Gasteiger partial charge in [0, 0.05) is 34.5 Å². The van der Waals surface area contributed by atoms with E-state index in [1.807, 2.05) is 48.5 Å². The number of carbonyl (C=O) groups excluding carboxylic acids is 1. The predicted octanol–water partition coefficient (Wildman–Crippen LogP) is 6.14. The highest BCUT2D eigenvalue weighted by atomic mass is 19.1. The first-order valence-electron chi connectivity index (χ1n) is 12.5. The summed E-state index contributed by atoms with van der Waals surface area (Å²) in [5, 5.41) is 10.5. The molecule has 0 aliphatic carbocycles. The van der Waals surface area contributed by atoms with Crippen LogP contribution < -0.4 is 5.32 Å². The molecule has 0 radical (unpaired) electrons. The van der Waals surface area contributed by atoms with Gasteiger partial charge in [0.15, 0.2) is 17.3 Å². The summed E-state index contributed by atoms with van der Waals surface area (Å²) in [7, 11) is 0. The predicted molar refractivity (Wildman–Crippen MR) is 149 cm³/mol. The molecule has 7 rings (SSSR count). The van der Waals surface area contributed by atoms with E-state index >= 15 is 4.39 Å². The molecule has 0 atom stereocenters. The summed E-state index contributed by atoms with van der Waals surface area (Å²) < 4.78 is 20.5. The molecule has 0 saturated heterocycles. The molecule has 0 aliphatic rings. The summed E-state index contributed by atoms with van der Waals surface area (Å²) in [4.78, 5) is 29.2. The molecular formula is C30H20FN7O2. The Hall–Kier alpha value is -5.64. The average Bonchev–Trinajstić information content (AvgIpc) is 3.73. The number of furan rings is 1. The minimum Gasteiger partial charge on any atom is -0.472 e. The van der Waals surface area contributed by atoms with Crippen LogP contribution in [0.5, 0.6) is 0 Å². The Morgan fingerprint density at radius 3 is 2.75 bits per heavy atom. The normalized spacial score (nSPS) is 11.3. The Morgan fingerprint density at radius 2 is 1.90 bits per heavy atom. The van der Waals surface area contributed by atoms with Gasteiger partial charge in [-0.15, -0.1) is 0 Å². The lowest BCUT2D eigenvalue weighted by Gasteiger charge is -2.08. The van der Waals surface area contributed by atoms with Crippen LogP contribution in [0.4, 0.5) is 10.1 Å². The molecule has 9 nitrogen and oxygen atoms in total. The van der Waals surface area contributed by atoms with Crippen LogP contribution in [0.25, 0.3) is 55.8 Å². The number of aromatic amines is 2. The van der Waals surface area contributed by atoms with Gasteiger partial charge < -0.3 is 14.7 Å². The number of anilines is 1. The number of imidazole rings is 1. The molecule has 194 valence electrons. The number of carbonyl (C=O) groups is 1. The van der Waals surface area contributed by atoms with E-state index in [0.29, 0.717) is 39.4 Å². The first-order chi connectivity index (χ1) is 19.6. The second kappa shape index (κ2) is 9.59. The van der Waals surface area contributed by atoms with E-state index in [4.69, 9.17) is 4.42 Å². The Labute approximate surface area is 226 Å². The Morgan fingerprint density at radius 1 is 1.00 bits per heavy atom. The highest BCUT2D eigenvalue weighted by Gasteiger charge is 2.19. The van der Waals surface area contributed by atoms with Gasteiger partial charge in [0.05, 0.1) is 36.3 Å². The Kier molecular flexibility index (Phi) is 5.63. The van der Waals surface area contributed by atoms with Crippen molar-refractivity contribution in [3.05, 3.63) is 103 Å². The molecule has 7 aromatic rings. The van der Waals surface area contributed by atoms with Crippen molar-refractivity contribution in [1.29, 1.82) is 0 Å². The van der Waals surface area contributed by atoms with E-state index in [1.54, 1.807) is 37.2 Å². The summed E-state index contributed by atoms with van der Waals surface area (Å²) in [6.07, 6.45) is 8.34. The number of benzene rings is 2. The first-order valence-corrected chi connectivity index (χ1v) is 12.5. The van der Waals surface area contributed by atoms with Crippen LogP contribution in [0.15, 0.2) is 96.2 Å². The number of hydrogen-bond donors (Lipinski definition) is 3. The molecular weight excluding hydrogens is 509 g/mol. The summed E-state index contributed by atoms with van der Waals surface area (Å²) >= 11 is 0. The van der Waals surface area contributed by atoms with Crippen LogP contribution in [0, 0.1) is 5.82 Å². The molecule has 40 heavy (non-hydrogen) atoms. The highest BCUT2D eigenvalue weighted by molar-refractivity contribution is 5.98. The largest absolute Gasteiger partial charge is 0.472 e. The van der Waals surface area contributed by atoms with Gasteiger partial charge in [0.2, 0.25) is 5.91 Å². The summed E-state index contributed by atoms with van der Waals surface area (Å²) in [5.74, 6) is -0.198. The number of H-pyrrole nitrogens is 2. The minimum absolute atomic E-state index is 0.169. The second-order valence-corrected chi connectivity index (χ2v) is 9.28. The summed E-state index contributed by atoms with van der Waals surface area (Å²) in [6, 6.07) is 18.2. The lowest BCUT2D eigenvalue weighted by molar-refractivity contribution is -0.115. The van der Waals surface area contributed by atoms with Gasteiger partial charge >= 0.3 is 0 Å². The molecule has 10 heteroatoms. The van der Waals surface area contributed by atoms with Gasteiger partial charge in [-0.25, -0.2) is 14.4 Å². The van der Waals surface area contributed by atoms with E-state index < -0.39 is 5.82 Å². The molecule has 0 fully saturated rings. The third-order valence-electron chi connectivity index (χ3n) is 6.64. The molecule has 0 aliphatic heterocycles. The van der Waals surface area contributed by atoms with Gasteiger partial charge in [-0.1, -0.05) is 30.3 Å². The fourth-order valence-corrected chi connectivity index (χ4v) is 4.76. The lowest BCUT2D eigenvalue weighted by Crippen LogP contribution is -2.14. The quantitative estimate of drug-likeness (QED) is 0.238. The van der Waals surface area contributed by atoms with Crippen molar-refractivity contribution in [1.82, 2.24) is 30.1 Å².